The summed E-state index contributed by atoms with van der Waals surface area (Å²) in [6.07, 6.45) is 3.86. The van der Waals surface area contributed by atoms with E-state index >= 15 is 0 Å². The summed E-state index contributed by atoms with van der Waals surface area (Å²) in [5.74, 6) is 0.684. The number of nitrogens with two attached hydrogens (primary N) is 1. The molecule has 1 heterocycles. The van der Waals surface area contributed by atoms with Gasteiger partial charge in [0, 0.05) is 31.6 Å². The van der Waals surface area contributed by atoms with Crippen LogP contribution in [-0.4, -0.2) is 39.3 Å². The molecule has 0 aliphatic carbocycles. The topological polar surface area (TPSA) is 75.3 Å². The molecule has 0 radical (unpaired) electrons. The van der Waals surface area contributed by atoms with E-state index in [9.17, 15) is 0 Å². The molecule has 0 unspecified atom stereocenters. The first-order valence-electron chi connectivity index (χ1n) is 5.56. The second kappa shape index (κ2) is 6.46. The van der Waals surface area contributed by atoms with Crippen LogP contribution >= 0.6 is 12.2 Å². The second-order valence-electron chi connectivity index (χ2n) is 3.96. The minimum Gasteiger partial charge on any atom is -0.396 e. The van der Waals surface area contributed by atoms with Crippen LogP contribution in [0.1, 0.15) is 26.0 Å². The van der Waals surface area contributed by atoms with Gasteiger partial charge in [-0.3, -0.25) is 0 Å². The molecule has 0 fully saturated rings. The van der Waals surface area contributed by atoms with Gasteiger partial charge in [-0.15, -0.1) is 0 Å². The highest BCUT2D eigenvalue weighted by Crippen LogP contribution is 2.17. The standard InChI is InChI=1S/C11H18N4OS/c1-8(2)15(6-3-7-16)11-9(10(12)17)13-4-5-14-11/h4-5,8,16H,3,6-7H2,1-2H3,(H2,12,17). The van der Waals surface area contributed by atoms with E-state index in [1.54, 1.807) is 12.4 Å². The Labute approximate surface area is 107 Å². The number of aliphatic hydroxyl groups excluding tert-OH is 1. The molecule has 0 atom stereocenters. The number of hydrogen-bond acceptors (Lipinski definition) is 5. The summed E-state index contributed by atoms with van der Waals surface area (Å²) >= 11 is 4.97. The molecule has 3 N–H and O–H groups in total. The molecule has 0 spiro atoms. The number of thiocarbonyl (C=S) groups is 1. The van der Waals surface area contributed by atoms with Crippen molar-refractivity contribution < 1.29 is 5.11 Å². The molecule has 17 heavy (non-hydrogen) atoms. The SMILES string of the molecule is CC(C)N(CCCO)c1nccnc1C(N)=S. The fourth-order valence-electron chi connectivity index (χ4n) is 1.56. The van der Waals surface area contributed by atoms with Crippen LogP contribution in [0.2, 0.25) is 0 Å². The molecule has 0 bridgehead atoms. The van der Waals surface area contributed by atoms with Gasteiger partial charge in [-0.05, 0) is 20.3 Å². The van der Waals surface area contributed by atoms with Crippen LogP contribution in [0.3, 0.4) is 0 Å². The van der Waals surface area contributed by atoms with E-state index in [1.807, 2.05) is 4.90 Å². The largest absolute Gasteiger partial charge is 0.396 e. The maximum absolute atomic E-state index is 8.91. The van der Waals surface area contributed by atoms with Crippen molar-refractivity contribution >= 4 is 23.0 Å². The summed E-state index contributed by atoms with van der Waals surface area (Å²) in [4.78, 5) is 10.7. The van der Waals surface area contributed by atoms with Crippen LogP contribution in [0.5, 0.6) is 0 Å². The zero-order valence-corrected chi connectivity index (χ0v) is 10.9. The molecule has 0 aliphatic heterocycles. The third-order valence-corrected chi connectivity index (χ3v) is 2.56. The lowest BCUT2D eigenvalue weighted by atomic mass is 10.2. The van der Waals surface area contributed by atoms with Crippen LogP contribution in [0.4, 0.5) is 5.82 Å². The lowest BCUT2D eigenvalue weighted by Crippen LogP contribution is -2.35. The first-order chi connectivity index (χ1) is 8.07. The summed E-state index contributed by atoms with van der Waals surface area (Å²) in [7, 11) is 0. The maximum Gasteiger partial charge on any atom is 0.157 e. The Hall–Kier alpha value is -1.27. The van der Waals surface area contributed by atoms with Gasteiger partial charge in [-0.1, -0.05) is 12.2 Å². The van der Waals surface area contributed by atoms with Crippen molar-refractivity contribution in [3.63, 3.8) is 0 Å². The first-order valence-corrected chi connectivity index (χ1v) is 5.97. The Morgan fingerprint density at radius 1 is 1.47 bits per heavy atom. The molecule has 1 aromatic heterocycles. The number of rotatable bonds is 6. The molecule has 0 saturated carbocycles. The Balaban J connectivity index is 3.04. The lowest BCUT2D eigenvalue weighted by molar-refractivity contribution is 0.288. The van der Waals surface area contributed by atoms with Gasteiger partial charge in [0.2, 0.25) is 0 Å². The van der Waals surface area contributed by atoms with Crippen LogP contribution in [0, 0.1) is 0 Å². The molecular weight excluding hydrogens is 236 g/mol. The van der Waals surface area contributed by atoms with Crippen molar-refractivity contribution in [2.45, 2.75) is 26.3 Å². The van der Waals surface area contributed by atoms with E-state index in [0.717, 1.165) is 0 Å². The highest BCUT2D eigenvalue weighted by atomic mass is 32.1. The predicted molar refractivity (Wildman–Crippen MR) is 72.1 cm³/mol. The number of anilines is 1. The summed E-state index contributed by atoms with van der Waals surface area (Å²) < 4.78 is 0. The predicted octanol–water partition coefficient (Wildman–Crippen LogP) is 0.708. The average Bonchev–Trinajstić information content (AvgIpc) is 2.29. The molecule has 1 rings (SSSR count). The average molecular weight is 254 g/mol. The molecule has 0 saturated heterocycles. The molecule has 5 nitrogen and oxygen atoms in total. The Bertz CT molecular complexity index is 383. The third kappa shape index (κ3) is 3.61. The van der Waals surface area contributed by atoms with Crippen molar-refractivity contribution in [3.05, 3.63) is 18.1 Å². The van der Waals surface area contributed by atoms with E-state index in [2.05, 4.69) is 23.8 Å². The molecule has 94 valence electrons. The highest BCUT2D eigenvalue weighted by molar-refractivity contribution is 7.80. The van der Waals surface area contributed by atoms with Gasteiger partial charge in [-0.2, -0.15) is 0 Å². The maximum atomic E-state index is 8.91. The summed E-state index contributed by atoms with van der Waals surface area (Å²) in [5.41, 5.74) is 6.17. The summed E-state index contributed by atoms with van der Waals surface area (Å²) in [6.45, 7) is 4.94. The van der Waals surface area contributed by atoms with Gasteiger partial charge >= 0.3 is 0 Å². The Kier molecular flexibility index (Phi) is 5.24. The van der Waals surface area contributed by atoms with E-state index in [1.165, 1.54) is 0 Å². The molecule has 0 aromatic carbocycles. The van der Waals surface area contributed by atoms with Crippen LogP contribution in [0.25, 0.3) is 0 Å². The summed E-state index contributed by atoms with van der Waals surface area (Å²) in [6, 6.07) is 0.242. The lowest BCUT2D eigenvalue weighted by Gasteiger charge is -2.28. The Morgan fingerprint density at radius 2 is 2.12 bits per heavy atom. The highest BCUT2D eigenvalue weighted by Gasteiger charge is 2.17. The monoisotopic (exact) mass is 254 g/mol. The zero-order chi connectivity index (χ0) is 12.8. The Morgan fingerprint density at radius 3 is 2.65 bits per heavy atom. The molecule has 1 aromatic rings. The second-order valence-corrected chi connectivity index (χ2v) is 4.40. The van der Waals surface area contributed by atoms with Crippen molar-refractivity contribution in [3.8, 4) is 0 Å². The number of hydrogen-bond donors (Lipinski definition) is 2. The molecule has 6 heteroatoms. The van der Waals surface area contributed by atoms with Gasteiger partial charge in [0.1, 0.15) is 10.7 Å². The molecule has 0 amide bonds. The van der Waals surface area contributed by atoms with E-state index < -0.39 is 0 Å². The van der Waals surface area contributed by atoms with E-state index in [0.29, 0.717) is 24.5 Å². The fourth-order valence-corrected chi connectivity index (χ4v) is 1.71. The van der Waals surface area contributed by atoms with Crippen molar-refractivity contribution in [1.82, 2.24) is 9.97 Å². The van der Waals surface area contributed by atoms with Crippen molar-refractivity contribution in [2.24, 2.45) is 5.73 Å². The van der Waals surface area contributed by atoms with Gasteiger partial charge in [0.25, 0.3) is 0 Å². The van der Waals surface area contributed by atoms with Gasteiger partial charge in [0.15, 0.2) is 5.82 Å². The summed E-state index contributed by atoms with van der Waals surface area (Å²) in [5, 5.41) is 8.91. The number of nitrogens with zero attached hydrogens (tertiary/aromatic N) is 3. The van der Waals surface area contributed by atoms with Crippen molar-refractivity contribution in [1.29, 1.82) is 0 Å². The first kappa shape index (κ1) is 13.8. The van der Waals surface area contributed by atoms with Gasteiger partial charge < -0.3 is 15.7 Å². The molecular formula is C11H18N4OS. The zero-order valence-electron chi connectivity index (χ0n) is 10.1. The minimum atomic E-state index is 0.145. The number of aliphatic hydroxyl groups is 1. The number of aromatic nitrogens is 2. The van der Waals surface area contributed by atoms with E-state index in [4.69, 9.17) is 23.1 Å². The minimum absolute atomic E-state index is 0.145. The van der Waals surface area contributed by atoms with Gasteiger partial charge in [0.05, 0.1) is 0 Å². The van der Waals surface area contributed by atoms with Crippen LogP contribution in [0.15, 0.2) is 12.4 Å². The van der Waals surface area contributed by atoms with Crippen LogP contribution in [-0.2, 0) is 0 Å². The quantitative estimate of drug-likeness (QED) is 0.728. The smallest absolute Gasteiger partial charge is 0.157 e. The molecule has 0 aliphatic rings. The fraction of sp³-hybridized carbons (Fsp3) is 0.545. The third-order valence-electron chi connectivity index (χ3n) is 2.36. The van der Waals surface area contributed by atoms with Crippen molar-refractivity contribution in [2.75, 3.05) is 18.1 Å². The van der Waals surface area contributed by atoms with Gasteiger partial charge in [-0.25, -0.2) is 9.97 Å². The normalized spacial score (nSPS) is 10.6. The van der Waals surface area contributed by atoms with E-state index in [-0.39, 0.29) is 17.6 Å². The van der Waals surface area contributed by atoms with Crippen LogP contribution < -0.4 is 10.6 Å².